The number of hydrogen-bond acceptors (Lipinski definition) is 2. The van der Waals surface area contributed by atoms with Crippen molar-refractivity contribution in [1.82, 2.24) is 4.90 Å². The summed E-state index contributed by atoms with van der Waals surface area (Å²) in [5, 5.41) is 0. The Morgan fingerprint density at radius 2 is 1.68 bits per heavy atom. The first-order chi connectivity index (χ1) is 9.10. The third kappa shape index (κ3) is 4.19. The van der Waals surface area contributed by atoms with E-state index in [1.807, 2.05) is 7.11 Å². The highest BCUT2D eigenvalue weighted by molar-refractivity contribution is 4.93. The first kappa shape index (κ1) is 17.0. The Morgan fingerprint density at radius 3 is 2.11 bits per heavy atom. The Morgan fingerprint density at radius 1 is 1.11 bits per heavy atom. The second kappa shape index (κ2) is 8.26. The molecule has 0 spiro atoms. The highest BCUT2D eigenvalue weighted by Gasteiger charge is 2.42. The molecule has 2 nitrogen and oxygen atoms in total. The van der Waals surface area contributed by atoms with Crippen molar-refractivity contribution in [2.45, 2.75) is 59.8 Å². The van der Waals surface area contributed by atoms with Gasteiger partial charge in [0.1, 0.15) is 0 Å². The average Bonchev–Trinajstić information content (AvgIpc) is 2.44. The summed E-state index contributed by atoms with van der Waals surface area (Å²) in [5.41, 5.74) is 0.348. The van der Waals surface area contributed by atoms with E-state index in [1.165, 1.54) is 38.6 Å². The first-order valence-corrected chi connectivity index (χ1v) is 8.32. The van der Waals surface area contributed by atoms with E-state index in [1.54, 1.807) is 0 Å². The largest absolute Gasteiger partial charge is 0.384 e. The van der Waals surface area contributed by atoms with E-state index < -0.39 is 0 Å². The third-order valence-corrected chi connectivity index (χ3v) is 5.39. The average molecular weight is 269 g/mol. The number of hydrogen-bond donors (Lipinski definition) is 0. The van der Waals surface area contributed by atoms with Crippen molar-refractivity contribution >= 4 is 0 Å². The molecule has 0 aliphatic heterocycles. The van der Waals surface area contributed by atoms with Crippen LogP contribution >= 0.6 is 0 Å². The molecule has 0 amide bonds. The van der Waals surface area contributed by atoms with E-state index in [4.69, 9.17) is 4.74 Å². The van der Waals surface area contributed by atoms with E-state index >= 15 is 0 Å². The van der Waals surface area contributed by atoms with Crippen molar-refractivity contribution < 1.29 is 4.74 Å². The Labute approximate surface area is 120 Å². The molecule has 0 aromatic rings. The maximum atomic E-state index is 5.69. The van der Waals surface area contributed by atoms with Gasteiger partial charge in [-0.25, -0.2) is 0 Å². The molecule has 19 heavy (non-hydrogen) atoms. The summed E-state index contributed by atoms with van der Waals surface area (Å²) in [6.45, 7) is 13.8. The predicted molar refractivity (Wildman–Crippen MR) is 83.5 cm³/mol. The van der Waals surface area contributed by atoms with Gasteiger partial charge in [-0.1, -0.05) is 47.0 Å². The fourth-order valence-corrected chi connectivity index (χ4v) is 3.92. The summed E-state index contributed by atoms with van der Waals surface area (Å²) >= 11 is 0. The lowest BCUT2D eigenvalue weighted by atomic mass is 9.63. The van der Waals surface area contributed by atoms with Crippen LogP contribution in [0.2, 0.25) is 0 Å². The second-order valence-electron chi connectivity index (χ2n) is 6.62. The molecule has 1 unspecified atom stereocenters. The minimum Gasteiger partial charge on any atom is -0.384 e. The van der Waals surface area contributed by atoms with Crippen molar-refractivity contribution in [3.8, 4) is 0 Å². The maximum absolute atomic E-state index is 5.69. The fourth-order valence-electron chi connectivity index (χ4n) is 3.92. The highest BCUT2D eigenvalue weighted by atomic mass is 16.5. The quantitative estimate of drug-likeness (QED) is 0.655. The summed E-state index contributed by atoms with van der Waals surface area (Å²) in [4.78, 5) is 2.59. The molecule has 1 rings (SSSR count). The third-order valence-electron chi connectivity index (χ3n) is 5.39. The van der Waals surface area contributed by atoms with Crippen molar-refractivity contribution in [2.24, 2.45) is 17.3 Å². The smallest absolute Gasteiger partial charge is 0.0536 e. The van der Waals surface area contributed by atoms with E-state index in [-0.39, 0.29) is 0 Å². The highest BCUT2D eigenvalue weighted by Crippen LogP contribution is 2.44. The minimum absolute atomic E-state index is 0.348. The van der Waals surface area contributed by atoms with Crippen molar-refractivity contribution in [2.75, 3.05) is 33.4 Å². The number of nitrogens with zero attached hydrogens (tertiary/aromatic N) is 1. The lowest BCUT2D eigenvalue weighted by Gasteiger charge is -2.48. The topological polar surface area (TPSA) is 12.5 Å². The Balaban J connectivity index is 2.90. The van der Waals surface area contributed by atoms with Crippen molar-refractivity contribution in [3.05, 3.63) is 0 Å². The van der Waals surface area contributed by atoms with E-state index in [2.05, 4.69) is 32.6 Å². The normalized spacial score (nSPS) is 21.0. The zero-order valence-corrected chi connectivity index (χ0v) is 13.9. The molecule has 1 fully saturated rings. The van der Waals surface area contributed by atoms with Gasteiger partial charge < -0.3 is 9.64 Å². The Bertz CT molecular complexity index is 231. The molecule has 2 heteroatoms. The van der Waals surface area contributed by atoms with Crippen LogP contribution in [0, 0.1) is 17.3 Å². The van der Waals surface area contributed by atoms with Crippen LogP contribution in [0.1, 0.15) is 59.8 Å². The summed E-state index contributed by atoms with van der Waals surface area (Å²) in [6.07, 6.45) is 7.08. The van der Waals surface area contributed by atoms with E-state index in [9.17, 15) is 0 Å². The molecule has 114 valence electrons. The van der Waals surface area contributed by atoms with Gasteiger partial charge in [0, 0.05) is 19.1 Å². The molecular weight excluding hydrogens is 234 g/mol. The maximum Gasteiger partial charge on any atom is 0.0536 e. The van der Waals surface area contributed by atoms with Crippen molar-refractivity contribution in [1.29, 1.82) is 0 Å². The molecule has 0 heterocycles. The SMILES string of the molecule is CCN(CC)CC(COC)(C(C)C)C1CCCCC1. The molecule has 1 aliphatic carbocycles. The van der Waals surface area contributed by atoms with Gasteiger partial charge >= 0.3 is 0 Å². The van der Waals surface area contributed by atoms with E-state index in [0.29, 0.717) is 11.3 Å². The zero-order chi connectivity index (χ0) is 14.3. The Kier molecular flexibility index (Phi) is 7.38. The van der Waals surface area contributed by atoms with Crippen LogP contribution in [0.3, 0.4) is 0 Å². The summed E-state index contributed by atoms with van der Waals surface area (Å²) < 4.78 is 5.69. The van der Waals surface area contributed by atoms with Gasteiger partial charge in [-0.3, -0.25) is 0 Å². The van der Waals surface area contributed by atoms with Gasteiger partial charge in [0.05, 0.1) is 6.61 Å². The lowest BCUT2D eigenvalue weighted by molar-refractivity contribution is -0.0437. The number of rotatable bonds is 8. The molecule has 0 aromatic carbocycles. The molecule has 1 aliphatic rings. The van der Waals surface area contributed by atoms with Crippen LogP contribution < -0.4 is 0 Å². The van der Waals surface area contributed by atoms with Gasteiger partial charge in [-0.2, -0.15) is 0 Å². The number of methoxy groups -OCH3 is 1. The van der Waals surface area contributed by atoms with Crippen LogP contribution in [0.5, 0.6) is 0 Å². The van der Waals surface area contributed by atoms with Gasteiger partial charge in [0.2, 0.25) is 0 Å². The molecule has 0 N–H and O–H groups in total. The molecular formula is C17H35NO. The molecule has 1 saturated carbocycles. The van der Waals surface area contributed by atoms with Gasteiger partial charge in [-0.15, -0.1) is 0 Å². The molecule has 0 bridgehead atoms. The molecule has 0 radical (unpaired) electrons. The van der Waals surface area contributed by atoms with E-state index in [0.717, 1.165) is 25.6 Å². The number of ether oxygens (including phenoxy) is 1. The summed E-state index contributed by atoms with van der Waals surface area (Å²) in [6, 6.07) is 0. The fraction of sp³-hybridized carbons (Fsp3) is 1.00. The lowest BCUT2D eigenvalue weighted by Crippen LogP contribution is -2.49. The van der Waals surface area contributed by atoms with Crippen LogP contribution in [-0.4, -0.2) is 38.3 Å². The molecule has 0 aromatic heterocycles. The second-order valence-corrected chi connectivity index (χ2v) is 6.62. The van der Waals surface area contributed by atoms with Crippen LogP contribution in [0.4, 0.5) is 0 Å². The van der Waals surface area contributed by atoms with Crippen LogP contribution in [-0.2, 0) is 4.74 Å². The zero-order valence-electron chi connectivity index (χ0n) is 13.9. The first-order valence-electron chi connectivity index (χ1n) is 8.32. The van der Waals surface area contributed by atoms with Gasteiger partial charge in [-0.05, 0) is 37.8 Å². The Hall–Kier alpha value is -0.0800. The monoisotopic (exact) mass is 269 g/mol. The standard InChI is InChI=1S/C17H35NO/c1-6-18(7-2)13-17(14-19-5,15(3)4)16-11-9-8-10-12-16/h15-16H,6-14H2,1-5H3. The summed E-state index contributed by atoms with van der Waals surface area (Å²) in [5.74, 6) is 1.54. The van der Waals surface area contributed by atoms with Gasteiger partial charge in [0.25, 0.3) is 0 Å². The van der Waals surface area contributed by atoms with Crippen molar-refractivity contribution in [3.63, 3.8) is 0 Å². The predicted octanol–water partition coefficient (Wildman–Crippen LogP) is 4.20. The van der Waals surface area contributed by atoms with Crippen LogP contribution in [0.15, 0.2) is 0 Å². The molecule has 1 atom stereocenters. The molecule has 0 saturated heterocycles. The van der Waals surface area contributed by atoms with Gasteiger partial charge in [0.15, 0.2) is 0 Å². The van der Waals surface area contributed by atoms with Crippen LogP contribution in [0.25, 0.3) is 0 Å². The summed E-state index contributed by atoms with van der Waals surface area (Å²) in [7, 11) is 1.88. The minimum atomic E-state index is 0.348.